The first kappa shape index (κ1) is 16.7. The van der Waals surface area contributed by atoms with Crippen molar-refractivity contribution in [1.29, 1.82) is 0 Å². The highest BCUT2D eigenvalue weighted by atomic mass is 16.1. The van der Waals surface area contributed by atoms with E-state index >= 15 is 0 Å². The van der Waals surface area contributed by atoms with Gasteiger partial charge in [-0.1, -0.05) is 54.4 Å². The Kier molecular flexibility index (Phi) is 5.65. The third-order valence-corrected chi connectivity index (χ3v) is 4.62. The van der Waals surface area contributed by atoms with Crippen molar-refractivity contribution < 1.29 is 4.79 Å². The third-order valence-electron chi connectivity index (χ3n) is 4.62. The molecule has 1 amide bonds. The molecule has 1 N–H and O–H groups in total. The number of rotatable bonds is 5. The third kappa shape index (κ3) is 4.68. The standard InChI is InChI=1S/C21H26N2O/c1-17-9-11-18(12-10-17)15-21(24)22-20-8-4-3-7-19(20)16-23-13-5-2-6-14-23/h3-4,7-12H,2,5-6,13-16H2,1H3,(H,22,24). The first-order valence-electron chi connectivity index (χ1n) is 8.86. The monoisotopic (exact) mass is 322 g/mol. The highest BCUT2D eigenvalue weighted by molar-refractivity contribution is 5.93. The molecule has 24 heavy (non-hydrogen) atoms. The molecule has 0 spiro atoms. The zero-order chi connectivity index (χ0) is 16.8. The molecule has 1 saturated heterocycles. The average molecular weight is 322 g/mol. The van der Waals surface area contributed by atoms with Crippen molar-refractivity contribution >= 4 is 11.6 Å². The van der Waals surface area contributed by atoms with Crippen molar-refractivity contribution in [3.05, 3.63) is 65.2 Å². The van der Waals surface area contributed by atoms with Crippen LogP contribution in [0.5, 0.6) is 0 Å². The van der Waals surface area contributed by atoms with Crippen molar-refractivity contribution in [2.45, 2.75) is 39.2 Å². The molecule has 0 atom stereocenters. The highest BCUT2D eigenvalue weighted by Gasteiger charge is 2.13. The van der Waals surface area contributed by atoms with Crippen molar-refractivity contribution in [1.82, 2.24) is 4.90 Å². The van der Waals surface area contributed by atoms with Gasteiger partial charge in [0.1, 0.15) is 0 Å². The van der Waals surface area contributed by atoms with E-state index < -0.39 is 0 Å². The maximum absolute atomic E-state index is 12.4. The van der Waals surface area contributed by atoms with E-state index in [0.717, 1.165) is 30.9 Å². The van der Waals surface area contributed by atoms with E-state index in [9.17, 15) is 4.79 Å². The summed E-state index contributed by atoms with van der Waals surface area (Å²) >= 11 is 0. The zero-order valence-electron chi connectivity index (χ0n) is 14.4. The van der Waals surface area contributed by atoms with Crippen LogP contribution >= 0.6 is 0 Å². The Labute approximate surface area is 144 Å². The topological polar surface area (TPSA) is 32.3 Å². The lowest BCUT2D eigenvalue weighted by Gasteiger charge is -2.27. The van der Waals surface area contributed by atoms with Crippen molar-refractivity contribution in [2.75, 3.05) is 18.4 Å². The number of para-hydroxylation sites is 1. The Bertz CT molecular complexity index is 672. The first-order chi connectivity index (χ1) is 11.7. The number of carbonyl (C=O) groups excluding carboxylic acids is 1. The maximum atomic E-state index is 12.4. The van der Waals surface area contributed by atoms with Crippen molar-refractivity contribution in [3.63, 3.8) is 0 Å². The van der Waals surface area contributed by atoms with Crippen LogP contribution in [0.3, 0.4) is 0 Å². The molecule has 1 fully saturated rings. The quantitative estimate of drug-likeness (QED) is 0.896. The molecule has 3 heteroatoms. The van der Waals surface area contributed by atoms with Gasteiger partial charge in [-0.05, 0) is 50.0 Å². The summed E-state index contributed by atoms with van der Waals surface area (Å²) in [6.07, 6.45) is 4.31. The minimum atomic E-state index is 0.0462. The summed E-state index contributed by atoms with van der Waals surface area (Å²) in [5.74, 6) is 0.0462. The lowest BCUT2D eigenvalue weighted by molar-refractivity contribution is -0.115. The number of amides is 1. The van der Waals surface area contributed by atoms with Crippen LogP contribution in [0, 0.1) is 6.92 Å². The molecule has 0 radical (unpaired) electrons. The second kappa shape index (κ2) is 8.11. The van der Waals surface area contributed by atoms with E-state index in [4.69, 9.17) is 0 Å². The maximum Gasteiger partial charge on any atom is 0.228 e. The van der Waals surface area contributed by atoms with Crippen LogP contribution in [-0.2, 0) is 17.8 Å². The van der Waals surface area contributed by atoms with Gasteiger partial charge >= 0.3 is 0 Å². The van der Waals surface area contributed by atoms with Crippen LogP contribution in [0.25, 0.3) is 0 Å². The van der Waals surface area contributed by atoms with Crippen LogP contribution in [0.15, 0.2) is 48.5 Å². The van der Waals surface area contributed by atoms with Gasteiger partial charge in [0.05, 0.1) is 6.42 Å². The summed E-state index contributed by atoms with van der Waals surface area (Å²) in [6, 6.07) is 16.3. The van der Waals surface area contributed by atoms with Gasteiger partial charge in [0.15, 0.2) is 0 Å². The summed E-state index contributed by atoms with van der Waals surface area (Å²) in [6.45, 7) is 5.29. The molecular formula is C21H26N2O. The van der Waals surface area contributed by atoms with E-state index in [2.05, 4.69) is 29.3 Å². The Morgan fingerprint density at radius 3 is 2.46 bits per heavy atom. The fraction of sp³-hybridized carbons (Fsp3) is 0.381. The summed E-state index contributed by atoms with van der Waals surface area (Å²) in [7, 11) is 0. The predicted molar refractivity (Wildman–Crippen MR) is 99.1 cm³/mol. The summed E-state index contributed by atoms with van der Waals surface area (Å²) < 4.78 is 0. The molecule has 1 heterocycles. The smallest absolute Gasteiger partial charge is 0.228 e. The molecule has 3 rings (SSSR count). The molecule has 3 nitrogen and oxygen atoms in total. The molecule has 2 aromatic rings. The molecule has 0 unspecified atom stereocenters. The Hall–Kier alpha value is -2.13. The van der Waals surface area contributed by atoms with Crippen LogP contribution in [0.2, 0.25) is 0 Å². The predicted octanol–water partition coefficient (Wildman–Crippen LogP) is 4.16. The number of anilines is 1. The lowest BCUT2D eigenvalue weighted by atomic mass is 10.1. The minimum Gasteiger partial charge on any atom is -0.325 e. The number of likely N-dealkylation sites (tertiary alicyclic amines) is 1. The fourth-order valence-corrected chi connectivity index (χ4v) is 3.22. The molecule has 0 saturated carbocycles. The van der Waals surface area contributed by atoms with Gasteiger partial charge in [0.2, 0.25) is 5.91 Å². The van der Waals surface area contributed by atoms with Crippen molar-refractivity contribution in [3.8, 4) is 0 Å². The second-order valence-corrected chi connectivity index (χ2v) is 6.70. The van der Waals surface area contributed by atoms with E-state index in [1.54, 1.807) is 0 Å². The number of aryl methyl sites for hydroxylation is 1. The summed E-state index contributed by atoms with van der Waals surface area (Å²) in [5.41, 5.74) is 4.41. The highest BCUT2D eigenvalue weighted by Crippen LogP contribution is 2.20. The van der Waals surface area contributed by atoms with E-state index in [1.165, 1.54) is 30.4 Å². The van der Waals surface area contributed by atoms with Gasteiger partial charge in [0.25, 0.3) is 0 Å². The van der Waals surface area contributed by atoms with E-state index in [-0.39, 0.29) is 5.91 Å². The van der Waals surface area contributed by atoms with E-state index in [1.807, 2.05) is 36.4 Å². The molecular weight excluding hydrogens is 296 g/mol. The molecule has 0 aliphatic carbocycles. The molecule has 0 aromatic heterocycles. The van der Waals surface area contributed by atoms with Crippen LogP contribution in [0.1, 0.15) is 36.0 Å². The Balaban J connectivity index is 1.63. The van der Waals surface area contributed by atoms with Crippen LogP contribution < -0.4 is 5.32 Å². The number of hydrogen-bond donors (Lipinski definition) is 1. The number of hydrogen-bond acceptors (Lipinski definition) is 2. The van der Waals surface area contributed by atoms with Gasteiger partial charge in [-0.25, -0.2) is 0 Å². The number of nitrogens with one attached hydrogen (secondary N) is 1. The summed E-state index contributed by atoms with van der Waals surface area (Å²) in [4.78, 5) is 14.9. The Morgan fingerprint density at radius 1 is 1.00 bits per heavy atom. The van der Waals surface area contributed by atoms with Gasteiger partial charge in [0, 0.05) is 12.2 Å². The van der Waals surface area contributed by atoms with Gasteiger partial charge in [-0.15, -0.1) is 0 Å². The van der Waals surface area contributed by atoms with Crippen LogP contribution in [-0.4, -0.2) is 23.9 Å². The molecule has 2 aromatic carbocycles. The minimum absolute atomic E-state index is 0.0462. The average Bonchev–Trinajstić information content (AvgIpc) is 2.60. The number of piperidine rings is 1. The first-order valence-corrected chi connectivity index (χ1v) is 8.86. The largest absolute Gasteiger partial charge is 0.325 e. The molecule has 1 aliphatic rings. The number of nitrogens with zero attached hydrogens (tertiary/aromatic N) is 1. The SMILES string of the molecule is Cc1ccc(CC(=O)Nc2ccccc2CN2CCCCC2)cc1. The fourth-order valence-electron chi connectivity index (χ4n) is 3.22. The molecule has 1 aliphatic heterocycles. The Morgan fingerprint density at radius 2 is 1.71 bits per heavy atom. The van der Waals surface area contributed by atoms with Gasteiger partial charge in [-0.2, -0.15) is 0 Å². The second-order valence-electron chi connectivity index (χ2n) is 6.70. The molecule has 0 bridgehead atoms. The normalized spacial score (nSPS) is 15.2. The lowest BCUT2D eigenvalue weighted by Crippen LogP contribution is -2.29. The van der Waals surface area contributed by atoms with E-state index in [0.29, 0.717) is 6.42 Å². The van der Waals surface area contributed by atoms with Gasteiger partial charge < -0.3 is 5.32 Å². The summed E-state index contributed by atoms with van der Waals surface area (Å²) in [5, 5.41) is 3.10. The van der Waals surface area contributed by atoms with Gasteiger partial charge in [-0.3, -0.25) is 9.69 Å². The number of benzene rings is 2. The zero-order valence-corrected chi connectivity index (χ0v) is 14.4. The van der Waals surface area contributed by atoms with Crippen LogP contribution in [0.4, 0.5) is 5.69 Å². The van der Waals surface area contributed by atoms with Crippen molar-refractivity contribution in [2.24, 2.45) is 0 Å². The molecule has 126 valence electrons. The number of carbonyl (C=O) groups is 1.